The molecule has 2 aromatic carbocycles. The number of methoxy groups -OCH3 is 1. The Kier molecular flexibility index (Phi) is 3.52. The molecular weight excluding hydrogens is 282 g/mol. The van der Waals surface area contributed by atoms with E-state index in [2.05, 4.69) is 4.84 Å². The molecule has 2 N–H and O–H groups in total. The number of ether oxygens (including phenoxy) is 1. The molecule has 1 aliphatic carbocycles. The van der Waals surface area contributed by atoms with E-state index in [1.807, 2.05) is 48.5 Å². The van der Waals surface area contributed by atoms with Crippen LogP contribution in [-0.4, -0.2) is 25.0 Å². The molecule has 0 saturated carbocycles. The highest BCUT2D eigenvalue weighted by molar-refractivity contribution is 6.01. The van der Waals surface area contributed by atoms with Gasteiger partial charge in [0.25, 0.3) is 0 Å². The number of carbonyl (C=O) groups is 2. The van der Waals surface area contributed by atoms with Crippen molar-refractivity contribution in [1.29, 1.82) is 0 Å². The van der Waals surface area contributed by atoms with Crippen LogP contribution in [0.5, 0.6) is 0 Å². The topological polar surface area (TPSA) is 78.6 Å². The van der Waals surface area contributed by atoms with E-state index >= 15 is 0 Å². The van der Waals surface area contributed by atoms with Crippen molar-refractivity contribution in [1.82, 2.24) is 0 Å². The molecule has 3 rings (SSSR count). The van der Waals surface area contributed by atoms with Gasteiger partial charge in [0.05, 0.1) is 5.92 Å². The summed E-state index contributed by atoms with van der Waals surface area (Å²) in [6.45, 7) is 0. The monoisotopic (exact) mass is 297 g/mol. The van der Waals surface area contributed by atoms with Crippen molar-refractivity contribution >= 4 is 12.3 Å². The molecule has 1 atom stereocenters. The van der Waals surface area contributed by atoms with Gasteiger partial charge in [-0.25, -0.2) is 4.79 Å². The summed E-state index contributed by atoms with van der Waals surface area (Å²) in [5.74, 6) is 3.51. The van der Waals surface area contributed by atoms with Crippen LogP contribution in [0, 0.1) is 0 Å². The summed E-state index contributed by atoms with van der Waals surface area (Å²) in [5.41, 5.74) is 1.80. The molecular formula is C17H15NO4. The average molecular weight is 297 g/mol. The maximum absolute atomic E-state index is 12.2. The third-order valence-electron chi connectivity index (χ3n) is 4.20. The van der Waals surface area contributed by atoms with Gasteiger partial charge < -0.3 is 9.57 Å². The number of benzene rings is 2. The molecule has 112 valence electrons. The number of rotatable bonds is 4. The first-order valence-corrected chi connectivity index (χ1v) is 6.80. The van der Waals surface area contributed by atoms with E-state index in [1.165, 1.54) is 7.11 Å². The standard InChI is InChI=1S/C17H15NO4/c1-21-17(10-19,16(20)22-18)15-13-8-4-2-6-11(13)12-7-3-5-9-14(12)15/h2-10,15H,18H2,1H3. The van der Waals surface area contributed by atoms with Crippen molar-refractivity contribution in [2.75, 3.05) is 7.11 Å². The molecule has 22 heavy (non-hydrogen) atoms. The fraction of sp³-hybridized carbons (Fsp3) is 0.176. The van der Waals surface area contributed by atoms with Gasteiger partial charge in [-0.2, -0.15) is 5.90 Å². The minimum Gasteiger partial charge on any atom is -0.371 e. The second kappa shape index (κ2) is 5.36. The zero-order valence-electron chi connectivity index (χ0n) is 12.0. The van der Waals surface area contributed by atoms with Gasteiger partial charge in [0.15, 0.2) is 6.29 Å². The van der Waals surface area contributed by atoms with E-state index in [0.29, 0.717) is 6.29 Å². The van der Waals surface area contributed by atoms with E-state index in [-0.39, 0.29) is 0 Å². The largest absolute Gasteiger partial charge is 0.371 e. The predicted molar refractivity (Wildman–Crippen MR) is 79.8 cm³/mol. The molecule has 0 heterocycles. The Morgan fingerprint density at radius 1 is 1.09 bits per heavy atom. The Hall–Kier alpha value is -2.50. The van der Waals surface area contributed by atoms with E-state index in [4.69, 9.17) is 10.6 Å². The maximum atomic E-state index is 12.2. The van der Waals surface area contributed by atoms with Gasteiger partial charge in [-0.1, -0.05) is 48.5 Å². The van der Waals surface area contributed by atoms with Crippen molar-refractivity contribution in [2.45, 2.75) is 11.5 Å². The lowest BCUT2D eigenvalue weighted by Gasteiger charge is -2.30. The minimum atomic E-state index is -1.81. The van der Waals surface area contributed by atoms with E-state index in [9.17, 15) is 9.59 Å². The van der Waals surface area contributed by atoms with Crippen LogP contribution >= 0.6 is 0 Å². The van der Waals surface area contributed by atoms with E-state index in [0.717, 1.165) is 22.3 Å². The second-order valence-electron chi connectivity index (χ2n) is 5.13. The smallest absolute Gasteiger partial charge is 0.365 e. The van der Waals surface area contributed by atoms with Crippen LogP contribution in [0.1, 0.15) is 17.0 Å². The maximum Gasteiger partial charge on any atom is 0.365 e. The Morgan fingerprint density at radius 3 is 2.00 bits per heavy atom. The van der Waals surface area contributed by atoms with Crippen LogP contribution < -0.4 is 5.90 Å². The van der Waals surface area contributed by atoms with Gasteiger partial charge in [-0.05, 0) is 22.3 Å². The van der Waals surface area contributed by atoms with Gasteiger partial charge in [0.2, 0.25) is 5.60 Å². The predicted octanol–water partition coefficient (Wildman–Crippen LogP) is 1.80. The van der Waals surface area contributed by atoms with Crippen LogP contribution in [0.15, 0.2) is 48.5 Å². The van der Waals surface area contributed by atoms with Crippen LogP contribution in [0.25, 0.3) is 11.1 Å². The van der Waals surface area contributed by atoms with Gasteiger partial charge >= 0.3 is 5.97 Å². The summed E-state index contributed by atoms with van der Waals surface area (Å²) in [7, 11) is 1.30. The van der Waals surface area contributed by atoms with Gasteiger partial charge in [0.1, 0.15) is 0 Å². The van der Waals surface area contributed by atoms with Crippen molar-refractivity contribution < 1.29 is 19.2 Å². The van der Waals surface area contributed by atoms with Gasteiger partial charge in [-0.3, -0.25) is 4.79 Å². The lowest BCUT2D eigenvalue weighted by Crippen LogP contribution is -2.49. The number of hydrogen-bond donors (Lipinski definition) is 1. The van der Waals surface area contributed by atoms with Gasteiger partial charge in [-0.15, -0.1) is 0 Å². The number of carbonyl (C=O) groups excluding carboxylic acids is 2. The van der Waals surface area contributed by atoms with Crippen LogP contribution in [-0.2, 0) is 19.2 Å². The molecule has 1 aliphatic rings. The number of hydrogen-bond acceptors (Lipinski definition) is 5. The summed E-state index contributed by atoms with van der Waals surface area (Å²) in [4.78, 5) is 28.3. The normalized spacial score (nSPS) is 15.5. The zero-order chi connectivity index (χ0) is 15.7. The highest BCUT2D eigenvalue weighted by Crippen LogP contribution is 2.50. The number of fused-ring (bicyclic) bond motifs is 3. The van der Waals surface area contributed by atoms with E-state index < -0.39 is 17.5 Å². The summed E-state index contributed by atoms with van der Waals surface area (Å²) in [5, 5.41) is 0. The molecule has 0 aliphatic heterocycles. The van der Waals surface area contributed by atoms with Crippen molar-refractivity contribution in [3.63, 3.8) is 0 Å². The number of aldehydes is 1. The summed E-state index contributed by atoms with van der Waals surface area (Å²) in [6, 6.07) is 15.2. The summed E-state index contributed by atoms with van der Waals surface area (Å²) < 4.78 is 5.31. The first-order valence-electron chi connectivity index (χ1n) is 6.80. The molecule has 1 unspecified atom stereocenters. The first-order chi connectivity index (χ1) is 10.7. The second-order valence-corrected chi connectivity index (χ2v) is 5.13. The molecule has 0 radical (unpaired) electrons. The lowest BCUT2D eigenvalue weighted by atomic mass is 9.81. The highest BCUT2D eigenvalue weighted by atomic mass is 16.7. The molecule has 0 amide bonds. The molecule has 5 nitrogen and oxygen atoms in total. The number of nitrogens with two attached hydrogens (primary N) is 1. The zero-order valence-corrected chi connectivity index (χ0v) is 12.0. The van der Waals surface area contributed by atoms with Crippen molar-refractivity contribution in [3.05, 3.63) is 59.7 Å². The van der Waals surface area contributed by atoms with Crippen LogP contribution in [0.4, 0.5) is 0 Å². The Bertz CT molecular complexity index is 697. The Labute approximate surface area is 127 Å². The Morgan fingerprint density at radius 2 is 1.59 bits per heavy atom. The average Bonchev–Trinajstić information content (AvgIpc) is 2.92. The van der Waals surface area contributed by atoms with E-state index in [1.54, 1.807) is 0 Å². The fourth-order valence-electron chi connectivity index (χ4n) is 3.19. The lowest BCUT2D eigenvalue weighted by molar-refractivity contribution is -0.172. The van der Waals surface area contributed by atoms with Crippen molar-refractivity contribution in [3.8, 4) is 11.1 Å². The Balaban J connectivity index is 2.30. The van der Waals surface area contributed by atoms with Crippen LogP contribution in [0.3, 0.4) is 0 Å². The third kappa shape index (κ3) is 1.80. The highest BCUT2D eigenvalue weighted by Gasteiger charge is 2.52. The van der Waals surface area contributed by atoms with Gasteiger partial charge in [0, 0.05) is 7.11 Å². The fourth-order valence-corrected chi connectivity index (χ4v) is 3.19. The van der Waals surface area contributed by atoms with Crippen LogP contribution in [0.2, 0.25) is 0 Å². The minimum absolute atomic E-state index is 0.464. The summed E-state index contributed by atoms with van der Waals surface area (Å²) in [6.07, 6.45) is 0.464. The molecule has 5 heteroatoms. The third-order valence-corrected chi connectivity index (χ3v) is 4.20. The molecule has 0 bridgehead atoms. The molecule has 0 fully saturated rings. The molecule has 0 spiro atoms. The molecule has 0 saturated heterocycles. The first kappa shape index (κ1) is 14.4. The molecule has 2 aromatic rings. The summed E-state index contributed by atoms with van der Waals surface area (Å²) >= 11 is 0. The quantitative estimate of drug-likeness (QED) is 0.529. The molecule has 0 aromatic heterocycles. The van der Waals surface area contributed by atoms with Crippen molar-refractivity contribution in [2.24, 2.45) is 5.90 Å². The SMILES string of the molecule is COC(C=O)(C(=O)ON)C1c2ccccc2-c2ccccc21.